The fourth-order valence-corrected chi connectivity index (χ4v) is 6.52. The van der Waals surface area contributed by atoms with Crippen LogP contribution in [0.3, 0.4) is 0 Å². The summed E-state index contributed by atoms with van der Waals surface area (Å²) in [7, 11) is -1.39. The topological polar surface area (TPSA) is 105 Å². The Kier molecular flexibility index (Phi) is 11.2. The van der Waals surface area contributed by atoms with Crippen LogP contribution in [-0.4, -0.2) is 58.5 Å². The molecule has 45 heavy (non-hydrogen) atoms. The lowest BCUT2D eigenvalue weighted by molar-refractivity contribution is -0.140. The molecule has 4 aromatic rings. The summed E-state index contributed by atoms with van der Waals surface area (Å²) in [6, 6.07) is 28.8. The minimum Gasteiger partial charge on any atom is -0.497 e. The number of carbonyl (C=O) groups excluding carboxylic acids is 2. The number of anilines is 1. The molecule has 0 saturated carbocycles. The van der Waals surface area contributed by atoms with Crippen LogP contribution in [0, 0.1) is 6.92 Å². The zero-order valence-corrected chi connectivity index (χ0v) is 26.8. The van der Waals surface area contributed by atoms with Gasteiger partial charge in [-0.15, -0.1) is 0 Å². The number of hydrogen-bond donors (Lipinski definition) is 1. The molecular formula is C35H39N3O6S. The van der Waals surface area contributed by atoms with Crippen LogP contribution in [0.25, 0.3) is 0 Å². The number of rotatable bonds is 14. The van der Waals surface area contributed by atoms with Gasteiger partial charge in [0.05, 0.1) is 24.8 Å². The summed E-state index contributed by atoms with van der Waals surface area (Å²) < 4.78 is 40.5. The van der Waals surface area contributed by atoms with E-state index in [4.69, 9.17) is 9.47 Å². The van der Waals surface area contributed by atoms with Gasteiger partial charge in [0.25, 0.3) is 10.0 Å². The van der Waals surface area contributed by atoms with Gasteiger partial charge in [0.15, 0.2) is 0 Å². The SMILES string of the molecule is CCNC(=O)[C@@H](Cc1ccccc1)N(Cc1cccc(C)c1)C(=O)CN(c1cc(OC)ccc1OC)S(=O)(=O)c1ccccc1. The molecule has 0 aliphatic carbocycles. The monoisotopic (exact) mass is 629 g/mol. The zero-order chi connectivity index (χ0) is 32.4. The molecule has 10 heteroatoms. The van der Waals surface area contributed by atoms with E-state index < -0.39 is 28.5 Å². The average Bonchev–Trinajstić information content (AvgIpc) is 3.05. The molecule has 0 radical (unpaired) electrons. The highest BCUT2D eigenvalue weighted by Gasteiger charge is 2.35. The number of nitrogens with one attached hydrogen (secondary N) is 1. The second-order valence-corrected chi connectivity index (χ2v) is 12.3. The van der Waals surface area contributed by atoms with E-state index in [2.05, 4.69) is 5.32 Å². The van der Waals surface area contributed by atoms with Crippen LogP contribution in [0.5, 0.6) is 11.5 Å². The molecule has 0 bridgehead atoms. The maximum Gasteiger partial charge on any atom is 0.264 e. The number of methoxy groups -OCH3 is 2. The molecule has 0 aromatic heterocycles. The lowest BCUT2D eigenvalue weighted by Gasteiger charge is -2.34. The van der Waals surface area contributed by atoms with Gasteiger partial charge in [-0.3, -0.25) is 13.9 Å². The smallest absolute Gasteiger partial charge is 0.264 e. The van der Waals surface area contributed by atoms with Gasteiger partial charge < -0.3 is 19.7 Å². The molecule has 0 spiro atoms. The van der Waals surface area contributed by atoms with E-state index in [0.29, 0.717) is 12.3 Å². The molecule has 9 nitrogen and oxygen atoms in total. The van der Waals surface area contributed by atoms with E-state index in [1.807, 2.05) is 68.4 Å². The van der Waals surface area contributed by atoms with Crippen molar-refractivity contribution in [3.05, 3.63) is 120 Å². The first kappa shape index (κ1) is 33.1. The Labute approximate surface area is 265 Å². The molecule has 0 aliphatic rings. The second kappa shape index (κ2) is 15.3. The van der Waals surface area contributed by atoms with Gasteiger partial charge in [-0.05, 0) is 49.2 Å². The highest BCUT2D eigenvalue weighted by Crippen LogP contribution is 2.36. The number of aryl methyl sites for hydroxylation is 1. The number of ether oxygens (including phenoxy) is 2. The standard InChI is InChI=1S/C35H39N3O6S/c1-5-36-35(40)32(22-27-14-8-6-9-15-27)37(24-28-16-12-13-26(2)21-28)34(39)25-38(45(41,42)30-17-10-7-11-18-30)31-23-29(43-3)19-20-33(31)44-4/h6-21,23,32H,5,22,24-25H2,1-4H3,(H,36,40)/t32-/m1/s1. The number of carbonyl (C=O) groups is 2. The van der Waals surface area contributed by atoms with Crippen molar-refractivity contribution in [2.24, 2.45) is 0 Å². The Morgan fingerprint density at radius 3 is 2.11 bits per heavy atom. The van der Waals surface area contributed by atoms with Crippen molar-refractivity contribution >= 4 is 27.5 Å². The van der Waals surface area contributed by atoms with E-state index in [1.54, 1.807) is 30.3 Å². The summed E-state index contributed by atoms with van der Waals surface area (Å²) in [5.41, 5.74) is 2.79. The normalized spacial score (nSPS) is 11.7. The quantitative estimate of drug-likeness (QED) is 0.211. The summed E-state index contributed by atoms with van der Waals surface area (Å²) in [6.45, 7) is 3.62. The molecule has 0 aliphatic heterocycles. The van der Waals surface area contributed by atoms with E-state index >= 15 is 0 Å². The van der Waals surface area contributed by atoms with Gasteiger partial charge in [0, 0.05) is 25.6 Å². The van der Waals surface area contributed by atoms with E-state index in [-0.39, 0.29) is 35.2 Å². The van der Waals surface area contributed by atoms with E-state index in [9.17, 15) is 18.0 Å². The molecular weight excluding hydrogens is 590 g/mol. The fourth-order valence-electron chi connectivity index (χ4n) is 5.08. The summed E-state index contributed by atoms with van der Waals surface area (Å²) >= 11 is 0. The van der Waals surface area contributed by atoms with Gasteiger partial charge in [-0.25, -0.2) is 8.42 Å². The highest BCUT2D eigenvalue weighted by molar-refractivity contribution is 7.92. The number of amides is 2. The van der Waals surface area contributed by atoms with Crippen molar-refractivity contribution in [2.45, 2.75) is 37.8 Å². The summed E-state index contributed by atoms with van der Waals surface area (Å²) in [5, 5.41) is 2.87. The van der Waals surface area contributed by atoms with Crippen molar-refractivity contribution in [1.82, 2.24) is 10.2 Å². The first-order valence-electron chi connectivity index (χ1n) is 14.6. The molecule has 1 atom stereocenters. The number of nitrogens with zero attached hydrogens (tertiary/aromatic N) is 2. The van der Waals surface area contributed by atoms with Gasteiger partial charge in [0.1, 0.15) is 24.1 Å². The molecule has 0 heterocycles. The van der Waals surface area contributed by atoms with Crippen LogP contribution in [0.4, 0.5) is 5.69 Å². The van der Waals surface area contributed by atoms with Crippen LogP contribution in [0.15, 0.2) is 108 Å². The number of likely N-dealkylation sites (N-methyl/N-ethyl adjacent to an activating group) is 1. The second-order valence-electron chi connectivity index (χ2n) is 10.5. The fraction of sp³-hybridized carbons (Fsp3) is 0.257. The van der Waals surface area contributed by atoms with Gasteiger partial charge in [0.2, 0.25) is 11.8 Å². The summed E-state index contributed by atoms with van der Waals surface area (Å²) in [5.74, 6) is -0.280. The Balaban J connectivity index is 1.85. The maximum atomic E-state index is 14.6. The molecule has 236 valence electrons. The zero-order valence-electron chi connectivity index (χ0n) is 26.0. The van der Waals surface area contributed by atoms with Crippen LogP contribution >= 0.6 is 0 Å². The minimum absolute atomic E-state index is 0.00234. The first-order valence-corrected chi connectivity index (χ1v) is 16.1. The number of sulfonamides is 1. The predicted octanol–water partition coefficient (Wildman–Crippen LogP) is 4.98. The van der Waals surface area contributed by atoms with E-state index in [1.165, 1.54) is 37.3 Å². The van der Waals surface area contributed by atoms with Gasteiger partial charge in [-0.1, -0.05) is 78.4 Å². The largest absolute Gasteiger partial charge is 0.497 e. The molecule has 1 N–H and O–H groups in total. The minimum atomic E-state index is -4.29. The maximum absolute atomic E-state index is 14.6. The summed E-state index contributed by atoms with van der Waals surface area (Å²) in [4.78, 5) is 29.7. The Morgan fingerprint density at radius 1 is 0.822 bits per heavy atom. The average molecular weight is 630 g/mol. The molecule has 2 amide bonds. The van der Waals surface area contributed by atoms with Gasteiger partial charge in [-0.2, -0.15) is 0 Å². The third-order valence-electron chi connectivity index (χ3n) is 7.32. The van der Waals surface area contributed by atoms with E-state index in [0.717, 1.165) is 21.0 Å². The lowest BCUT2D eigenvalue weighted by Crippen LogP contribution is -2.53. The van der Waals surface area contributed by atoms with Crippen LogP contribution in [0.1, 0.15) is 23.6 Å². The Bertz CT molecular complexity index is 1700. The third-order valence-corrected chi connectivity index (χ3v) is 9.10. The molecule has 4 aromatic carbocycles. The lowest BCUT2D eigenvalue weighted by atomic mass is 10.0. The van der Waals surface area contributed by atoms with Crippen molar-refractivity contribution in [1.29, 1.82) is 0 Å². The first-order chi connectivity index (χ1) is 21.7. The molecule has 4 rings (SSSR count). The number of hydrogen-bond acceptors (Lipinski definition) is 6. The van der Waals surface area contributed by atoms with Crippen LogP contribution in [0.2, 0.25) is 0 Å². The molecule has 0 fully saturated rings. The molecule has 0 unspecified atom stereocenters. The number of benzene rings is 4. The molecule has 0 saturated heterocycles. The Morgan fingerprint density at radius 2 is 1.49 bits per heavy atom. The predicted molar refractivity (Wildman–Crippen MR) is 175 cm³/mol. The Hall–Kier alpha value is -4.83. The highest BCUT2D eigenvalue weighted by atomic mass is 32.2. The third kappa shape index (κ3) is 8.21. The van der Waals surface area contributed by atoms with Crippen molar-refractivity contribution < 1.29 is 27.5 Å². The van der Waals surface area contributed by atoms with Crippen molar-refractivity contribution in [2.75, 3.05) is 31.6 Å². The van der Waals surface area contributed by atoms with Crippen molar-refractivity contribution in [3.8, 4) is 11.5 Å². The van der Waals surface area contributed by atoms with Crippen LogP contribution in [-0.2, 0) is 32.6 Å². The van der Waals surface area contributed by atoms with Crippen LogP contribution < -0.4 is 19.1 Å². The summed E-state index contributed by atoms with van der Waals surface area (Å²) in [6.07, 6.45) is 0.234. The van der Waals surface area contributed by atoms with Crippen molar-refractivity contribution in [3.63, 3.8) is 0 Å². The van der Waals surface area contributed by atoms with Gasteiger partial charge >= 0.3 is 0 Å².